The van der Waals surface area contributed by atoms with E-state index >= 15 is 0 Å². The summed E-state index contributed by atoms with van der Waals surface area (Å²) >= 11 is 0. The lowest BCUT2D eigenvalue weighted by Crippen LogP contribution is -1.97. The van der Waals surface area contributed by atoms with Gasteiger partial charge in [-0.3, -0.25) is 4.79 Å². The van der Waals surface area contributed by atoms with Crippen molar-refractivity contribution >= 4 is 12.2 Å². The fraction of sp³-hybridized carbons (Fsp3) is 0. The van der Waals surface area contributed by atoms with E-state index < -0.39 is 11.2 Å². The number of benzene rings is 1. The zero-order valence-electron chi connectivity index (χ0n) is 8.76. The highest BCUT2D eigenvalue weighted by molar-refractivity contribution is 5.69. The maximum Gasteiger partial charge on any atom is 0.227 e. The van der Waals surface area contributed by atoms with Crippen LogP contribution in [0, 0.1) is 5.82 Å². The molecule has 86 valence electrons. The summed E-state index contributed by atoms with van der Waals surface area (Å²) in [5.41, 5.74) is 0.0889. The molecule has 17 heavy (non-hydrogen) atoms. The maximum absolute atomic E-state index is 12.9. The molecule has 0 fully saturated rings. The van der Waals surface area contributed by atoms with Crippen molar-refractivity contribution in [2.45, 2.75) is 0 Å². The number of hydrogen-bond acceptors (Lipinski definition) is 3. The highest BCUT2D eigenvalue weighted by Crippen LogP contribution is 2.15. The summed E-state index contributed by atoms with van der Waals surface area (Å²) in [6.07, 6.45) is 4.14. The van der Waals surface area contributed by atoms with Gasteiger partial charge < -0.3 is 9.52 Å². The Kier molecular flexibility index (Phi) is 3.05. The van der Waals surface area contributed by atoms with Crippen LogP contribution in [0.5, 0.6) is 5.75 Å². The molecular formula is C13H9FO3. The third kappa shape index (κ3) is 2.60. The summed E-state index contributed by atoms with van der Waals surface area (Å²) in [7, 11) is 0. The first-order valence-electron chi connectivity index (χ1n) is 4.91. The summed E-state index contributed by atoms with van der Waals surface area (Å²) in [5.74, 6) is -0.771. The number of rotatable bonds is 2. The van der Waals surface area contributed by atoms with Crippen molar-refractivity contribution in [1.82, 2.24) is 0 Å². The molecule has 1 heterocycles. The minimum Gasteiger partial charge on any atom is -0.502 e. The fourth-order valence-corrected chi connectivity index (χ4v) is 1.33. The summed E-state index contributed by atoms with van der Waals surface area (Å²) in [5, 5.41) is 9.40. The Morgan fingerprint density at radius 1 is 1.24 bits per heavy atom. The van der Waals surface area contributed by atoms with Crippen molar-refractivity contribution in [3.63, 3.8) is 0 Å². The molecule has 0 amide bonds. The Labute approximate surface area is 96.5 Å². The molecule has 0 atom stereocenters. The molecule has 2 rings (SSSR count). The van der Waals surface area contributed by atoms with Crippen molar-refractivity contribution in [3.05, 3.63) is 64.0 Å². The molecule has 0 aliphatic carbocycles. The van der Waals surface area contributed by atoms with Crippen LogP contribution < -0.4 is 5.43 Å². The first-order valence-corrected chi connectivity index (χ1v) is 4.91. The molecule has 0 radical (unpaired) electrons. The number of halogens is 1. The quantitative estimate of drug-likeness (QED) is 0.865. The maximum atomic E-state index is 12.9. The Balaban J connectivity index is 2.32. The predicted octanol–water partition coefficient (Wildman–Crippen LogP) is 2.65. The Bertz CT molecular complexity index is 614. The molecule has 0 spiro atoms. The molecule has 2 aromatic rings. The molecule has 0 aliphatic heterocycles. The second-order valence-corrected chi connectivity index (χ2v) is 3.39. The van der Waals surface area contributed by atoms with Gasteiger partial charge in [0.25, 0.3) is 0 Å². The third-order valence-corrected chi connectivity index (χ3v) is 2.16. The number of hydrogen-bond donors (Lipinski definition) is 1. The van der Waals surface area contributed by atoms with Gasteiger partial charge in [-0.15, -0.1) is 0 Å². The second-order valence-electron chi connectivity index (χ2n) is 3.39. The summed E-state index contributed by atoms with van der Waals surface area (Å²) in [6.45, 7) is 0. The van der Waals surface area contributed by atoms with Gasteiger partial charge in [0.1, 0.15) is 5.82 Å². The van der Waals surface area contributed by atoms with Gasteiger partial charge in [-0.25, -0.2) is 4.39 Å². The number of aromatic hydroxyl groups is 1. The monoisotopic (exact) mass is 232 g/mol. The van der Waals surface area contributed by atoms with Gasteiger partial charge in [0.15, 0.2) is 5.76 Å². The van der Waals surface area contributed by atoms with Gasteiger partial charge in [0.05, 0.1) is 6.26 Å². The van der Waals surface area contributed by atoms with Gasteiger partial charge in [0.2, 0.25) is 11.2 Å². The molecule has 1 aromatic heterocycles. The van der Waals surface area contributed by atoms with E-state index in [-0.39, 0.29) is 11.6 Å². The minimum atomic E-state index is -0.518. The molecule has 1 aromatic carbocycles. The smallest absolute Gasteiger partial charge is 0.227 e. The zero-order valence-corrected chi connectivity index (χ0v) is 8.76. The van der Waals surface area contributed by atoms with Crippen LogP contribution in [0.3, 0.4) is 0 Å². The Hall–Kier alpha value is -2.36. The van der Waals surface area contributed by atoms with Crippen LogP contribution in [0.25, 0.3) is 12.2 Å². The summed E-state index contributed by atoms with van der Waals surface area (Å²) in [4.78, 5) is 11.1. The topological polar surface area (TPSA) is 50.4 Å². The van der Waals surface area contributed by atoms with E-state index in [0.717, 1.165) is 6.07 Å². The Morgan fingerprint density at radius 3 is 2.82 bits per heavy atom. The molecule has 4 heteroatoms. The van der Waals surface area contributed by atoms with E-state index in [0.29, 0.717) is 5.56 Å². The lowest BCUT2D eigenvalue weighted by molar-refractivity contribution is 0.424. The molecule has 0 aliphatic rings. The van der Waals surface area contributed by atoms with Crippen LogP contribution in [0.4, 0.5) is 4.39 Å². The largest absolute Gasteiger partial charge is 0.502 e. The van der Waals surface area contributed by atoms with Gasteiger partial charge in [0, 0.05) is 6.07 Å². The van der Waals surface area contributed by atoms with E-state index in [1.165, 1.54) is 24.5 Å². The van der Waals surface area contributed by atoms with Crippen LogP contribution in [0.2, 0.25) is 0 Å². The van der Waals surface area contributed by atoms with Crippen LogP contribution in [-0.2, 0) is 0 Å². The molecule has 3 nitrogen and oxygen atoms in total. The van der Waals surface area contributed by atoms with Crippen molar-refractivity contribution in [2.75, 3.05) is 0 Å². The molecule has 0 unspecified atom stereocenters. The highest BCUT2D eigenvalue weighted by atomic mass is 19.1. The van der Waals surface area contributed by atoms with Gasteiger partial charge >= 0.3 is 0 Å². The lowest BCUT2D eigenvalue weighted by atomic mass is 10.2. The van der Waals surface area contributed by atoms with Gasteiger partial charge in [-0.2, -0.15) is 0 Å². The normalized spacial score (nSPS) is 10.9. The molecule has 0 bridgehead atoms. The summed E-state index contributed by atoms with van der Waals surface area (Å²) < 4.78 is 17.8. The molecular weight excluding hydrogens is 223 g/mol. The average Bonchev–Trinajstić information content (AvgIpc) is 2.31. The standard InChI is InChI=1S/C13H9FO3/c14-10-3-1-2-9(8-10)4-5-12-13(16)11(15)6-7-17-12/h1-8,16H. The molecule has 0 saturated heterocycles. The van der Waals surface area contributed by atoms with Gasteiger partial charge in [-0.1, -0.05) is 18.2 Å². The minimum absolute atomic E-state index is 0.0433. The van der Waals surface area contributed by atoms with Crippen molar-refractivity contribution < 1.29 is 13.9 Å². The van der Waals surface area contributed by atoms with Crippen molar-refractivity contribution in [3.8, 4) is 5.75 Å². The van der Waals surface area contributed by atoms with E-state index in [2.05, 4.69) is 0 Å². The van der Waals surface area contributed by atoms with E-state index in [9.17, 15) is 14.3 Å². The van der Waals surface area contributed by atoms with E-state index in [1.807, 2.05) is 0 Å². The first kappa shape index (κ1) is 11.1. The van der Waals surface area contributed by atoms with Gasteiger partial charge in [-0.05, 0) is 23.8 Å². The van der Waals surface area contributed by atoms with E-state index in [1.54, 1.807) is 18.2 Å². The predicted molar refractivity (Wildman–Crippen MR) is 62.0 cm³/mol. The average molecular weight is 232 g/mol. The summed E-state index contributed by atoms with van der Waals surface area (Å²) in [6, 6.07) is 7.04. The van der Waals surface area contributed by atoms with Crippen molar-refractivity contribution in [2.24, 2.45) is 0 Å². The van der Waals surface area contributed by atoms with Crippen LogP contribution in [0.1, 0.15) is 11.3 Å². The second kappa shape index (κ2) is 4.65. The Morgan fingerprint density at radius 2 is 2.06 bits per heavy atom. The molecule has 0 saturated carbocycles. The van der Waals surface area contributed by atoms with E-state index in [4.69, 9.17) is 4.42 Å². The van der Waals surface area contributed by atoms with Crippen LogP contribution in [0.15, 0.2) is 45.8 Å². The zero-order chi connectivity index (χ0) is 12.3. The first-order chi connectivity index (χ1) is 8.16. The SMILES string of the molecule is O=c1ccoc(C=Cc2cccc(F)c2)c1O. The fourth-order valence-electron chi connectivity index (χ4n) is 1.33. The third-order valence-electron chi connectivity index (χ3n) is 2.16. The van der Waals surface area contributed by atoms with Crippen LogP contribution >= 0.6 is 0 Å². The van der Waals surface area contributed by atoms with Crippen LogP contribution in [-0.4, -0.2) is 5.11 Å². The molecule has 1 N–H and O–H groups in total. The lowest BCUT2D eigenvalue weighted by Gasteiger charge is -1.96. The highest BCUT2D eigenvalue weighted by Gasteiger charge is 2.03. The van der Waals surface area contributed by atoms with Crippen molar-refractivity contribution in [1.29, 1.82) is 0 Å².